The molecule has 0 saturated carbocycles. The molecule has 1 amide bonds. The molecule has 1 aromatic heterocycles. The van der Waals surface area contributed by atoms with Crippen molar-refractivity contribution in [3.63, 3.8) is 0 Å². The maximum Gasteiger partial charge on any atom is 0.328 e. The van der Waals surface area contributed by atoms with E-state index in [1.54, 1.807) is 4.90 Å². The summed E-state index contributed by atoms with van der Waals surface area (Å²) in [4.78, 5) is 25.6. The van der Waals surface area contributed by atoms with Gasteiger partial charge in [0, 0.05) is 17.8 Å². The molecule has 1 aliphatic rings. The smallest absolute Gasteiger partial charge is 0.328 e. The van der Waals surface area contributed by atoms with Gasteiger partial charge in [0.2, 0.25) is 5.91 Å². The van der Waals surface area contributed by atoms with E-state index < -0.39 is 6.04 Å². The van der Waals surface area contributed by atoms with E-state index in [0.29, 0.717) is 13.0 Å². The minimum Gasteiger partial charge on any atom is -0.467 e. The van der Waals surface area contributed by atoms with Crippen molar-refractivity contribution < 1.29 is 14.3 Å². The molecule has 0 bridgehead atoms. The summed E-state index contributed by atoms with van der Waals surface area (Å²) in [5.74, 6) is -0.369. The summed E-state index contributed by atoms with van der Waals surface area (Å²) in [6.07, 6.45) is 1.80. The van der Waals surface area contributed by atoms with Crippen LogP contribution >= 0.6 is 0 Å². The number of aromatic nitrogens is 2. The van der Waals surface area contributed by atoms with Gasteiger partial charge in [-0.3, -0.25) is 9.89 Å². The van der Waals surface area contributed by atoms with Gasteiger partial charge in [0.25, 0.3) is 0 Å². The molecule has 2 heterocycles. The van der Waals surface area contributed by atoms with E-state index in [-0.39, 0.29) is 18.3 Å². The van der Waals surface area contributed by atoms with E-state index in [1.807, 2.05) is 13.8 Å². The van der Waals surface area contributed by atoms with Gasteiger partial charge in [-0.2, -0.15) is 5.10 Å². The molecule has 6 nitrogen and oxygen atoms in total. The summed E-state index contributed by atoms with van der Waals surface area (Å²) in [5.41, 5.74) is 2.65. The number of ether oxygens (including phenoxy) is 1. The number of carbonyl (C=O) groups is 2. The largest absolute Gasteiger partial charge is 0.467 e. The number of nitrogens with one attached hydrogen (secondary N) is 1. The fraction of sp³-hybridized carbons (Fsp3) is 0.615. The molecule has 1 fully saturated rings. The van der Waals surface area contributed by atoms with Crippen LogP contribution in [-0.2, 0) is 20.7 Å². The molecular formula is C13H19N3O3. The number of carbonyl (C=O) groups excluding carboxylic acids is 2. The number of amides is 1. The van der Waals surface area contributed by atoms with E-state index >= 15 is 0 Å². The number of rotatable bonds is 3. The van der Waals surface area contributed by atoms with Crippen molar-refractivity contribution in [1.82, 2.24) is 15.1 Å². The van der Waals surface area contributed by atoms with E-state index in [2.05, 4.69) is 10.2 Å². The molecule has 1 saturated heterocycles. The standard InChI is InChI=1S/C13H19N3O3/c1-8-10(9(2)15-14-8)7-12(17)16-6-4-5-11(16)13(18)19-3/h11H,4-7H2,1-3H3,(H,14,15)/t11-/m0/s1. The first kappa shape index (κ1) is 13.6. The van der Waals surface area contributed by atoms with E-state index in [9.17, 15) is 9.59 Å². The van der Waals surface area contributed by atoms with Crippen molar-refractivity contribution in [2.45, 2.75) is 39.2 Å². The Balaban J connectivity index is 2.09. The maximum absolute atomic E-state index is 12.3. The van der Waals surface area contributed by atoms with Crippen molar-refractivity contribution in [1.29, 1.82) is 0 Å². The van der Waals surface area contributed by atoms with Gasteiger partial charge in [0.1, 0.15) is 6.04 Å². The predicted octanol–water partition coefficient (Wildman–Crippen LogP) is 0.733. The first-order valence-corrected chi connectivity index (χ1v) is 6.42. The quantitative estimate of drug-likeness (QED) is 0.818. The average molecular weight is 265 g/mol. The average Bonchev–Trinajstić information content (AvgIpc) is 2.99. The lowest BCUT2D eigenvalue weighted by Crippen LogP contribution is -2.41. The summed E-state index contributed by atoms with van der Waals surface area (Å²) >= 11 is 0. The normalized spacial score (nSPS) is 18.7. The van der Waals surface area contributed by atoms with E-state index in [1.165, 1.54) is 7.11 Å². The fourth-order valence-electron chi connectivity index (χ4n) is 2.53. The van der Waals surface area contributed by atoms with Crippen LogP contribution < -0.4 is 0 Å². The molecular weight excluding hydrogens is 246 g/mol. The Morgan fingerprint density at radius 2 is 2.21 bits per heavy atom. The second-order valence-electron chi connectivity index (χ2n) is 4.86. The molecule has 1 aromatic rings. The van der Waals surface area contributed by atoms with E-state index in [0.717, 1.165) is 23.4 Å². The highest BCUT2D eigenvalue weighted by Crippen LogP contribution is 2.21. The van der Waals surface area contributed by atoms with Gasteiger partial charge in [0.05, 0.1) is 19.2 Å². The van der Waals surface area contributed by atoms with Gasteiger partial charge < -0.3 is 9.64 Å². The lowest BCUT2D eigenvalue weighted by molar-refractivity contribution is -0.150. The number of likely N-dealkylation sites (tertiary alicyclic amines) is 1. The number of nitrogens with zero attached hydrogens (tertiary/aromatic N) is 2. The molecule has 0 spiro atoms. The van der Waals surface area contributed by atoms with Crippen molar-refractivity contribution >= 4 is 11.9 Å². The van der Waals surface area contributed by atoms with Crippen LogP contribution in [0.3, 0.4) is 0 Å². The van der Waals surface area contributed by atoms with Crippen LogP contribution in [0.25, 0.3) is 0 Å². The summed E-state index contributed by atoms with van der Waals surface area (Å²) in [6, 6.07) is -0.426. The van der Waals surface area contributed by atoms with Gasteiger partial charge in [0.15, 0.2) is 0 Å². The van der Waals surface area contributed by atoms with Gasteiger partial charge in [-0.05, 0) is 26.7 Å². The van der Waals surface area contributed by atoms with Crippen molar-refractivity contribution in [2.75, 3.05) is 13.7 Å². The molecule has 0 aromatic carbocycles. The van der Waals surface area contributed by atoms with Gasteiger partial charge in [-0.25, -0.2) is 4.79 Å². The minimum absolute atomic E-state index is 0.0412. The zero-order chi connectivity index (χ0) is 14.0. The molecule has 0 aliphatic carbocycles. The zero-order valence-electron chi connectivity index (χ0n) is 11.5. The van der Waals surface area contributed by atoms with Gasteiger partial charge in [-0.1, -0.05) is 0 Å². The summed E-state index contributed by atoms with van der Waals surface area (Å²) < 4.78 is 4.75. The Labute approximate surface area is 112 Å². The highest BCUT2D eigenvalue weighted by molar-refractivity contribution is 5.86. The maximum atomic E-state index is 12.3. The number of methoxy groups -OCH3 is 1. The number of esters is 1. The number of hydrogen-bond acceptors (Lipinski definition) is 4. The third-order valence-corrected chi connectivity index (χ3v) is 3.66. The van der Waals surface area contributed by atoms with Crippen LogP contribution in [0, 0.1) is 13.8 Å². The van der Waals surface area contributed by atoms with Crippen LogP contribution in [0.15, 0.2) is 0 Å². The van der Waals surface area contributed by atoms with Gasteiger partial charge >= 0.3 is 5.97 Å². The van der Waals surface area contributed by atoms with Crippen LogP contribution in [0.1, 0.15) is 29.8 Å². The zero-order valence-corrected chi connectivity index (χ0v) is 11.5. The molecule has 1 N–H and O–H groups in total. The highest BCUT2D eigenvalue weighted by atomic mass is 16.5. The first-order valence-electron chi connectivity index (χ1n) is 6.42. The monoisotopic (exact) mass is 265 g/mol. The molecule has 104 valence electrons. The Hall–Kier alpha value is -1.85. The SMILES string of the molecule is COC(=O)[C@@H]1CCCN1C(=O)Cc1c(C)n[nH]c1C. The summed E-state index contributed by atoms with van der Waals surface area (Å²) in [7, 11) is 1.35. The predicted molar refractivity (Wildman–Crippen MR) is 68.5 cm³/mol. The Morgan fingerprint density at radius 3 is 2.79 bits per heavy atom. The third-order valence-electron chi connectivity index (χ3n) is 3.66. The molecule has 19 heavy (non-hydrogen) atoms. The number of aromatic amines is 1. The molecule has 6 heteroatoms. The van der Waals surface area contributed by atoms with Crippen LogP contribution in [0.4, 0.5) is 0 Å². The van der Waals surface area contributed by atoms with E-state index in [4.69, 9.17) is 4.74 Å². The Kier molecular flexibility index (Phi) is 3.87. The second kappa shape index (κ2) is 5.42. The molecule has 0 unspecified atom stereocenters. The third kappa shape index (κ3) is 2.62. The summed E-state index contributed by atoms with van der Waals surface area (Å²) in [5, 5.41) is 6.94. The first-order chi connectivity index (χ1) is 9.04. The topological polar surface area (TPSA) is 75.3 Å². The van der Waals surface area contributed by atoms with Crippen molar-refractivity contribution in [3.05, 3.63) is 17.0 Å². The van der Waals surface area contributed by atoms with Crippen LogP contribution in [0.2, 0.25) is 0 Å². The molecule has 1 atom stereocenters. The van der Waals surface area contributed by atoms with Crippen LogP contribution in [0.5, 0.6) is 0 Å². The number of H-pyrrole nitrogens is 1. The second-order valence-corrected chi connectivity index (χ2v) is 4.86. The van der Waals surface area contributed by atoms with Crippen LogP contribution in [-0.4, -0.2) is 46.7 Å². The minimum atomic E-state index is -0.426. The lowest BCUT2D eigenvalue weighted by atomic mass is 10.1. The number of hydrogen-bond donors (Lipinski definition) is 1. The fourth-order valence-corrected chi connectivity index (χ4v) is 2.53. The summed E-state index contributed by atoms with van der Waals surface area (Å²) in [6.45, 7) is 4.38. The molecule has 2 rings (SSSR count). The van der Waals surface area contributed by atoms with Gasteiger partial charge in [-0.15, -0.1) is 0 Å². The Morgan fingerprint density at radius 1 is 1.47 bits per heavy atom. The molecule has 1 aliphatic heterocycles. The Bertz CT molecular complexity index is 476. The highest BCUT2D eigenvalue weighted by Gasteiger charge is 2.34. The van der Waals surface area contributed by atoms with Crippen molar-refractivity contribution in [3.8, 4) is 0 Å². The molecule has 0 radical (unpaired) electrons. The number of aryl methyl sites for hydroxylation is 2. The van der Waals surface area contributed by atoms with Crippen molar-refractivity contribution in [2.24, 2.45) is 0 Å². The lowest BCUT2D eigenvalue weighted by Gasteiger charge is -2.22.